The van der Waals surface area contributed by atoms with Gasteiger partial charge in [0.25, 0.3) is 0 Å². The Labute approximate surface area is 103 Å². The summed E-state index contributed by atoms with van der Waals surface area (Å²) in [5.41, 5.74) is 0.151. The average molecular weight is 259 g/mol. The van der Waals surface area contributed by atoms with Crippen LogP contribution in [0.15, 0.2) is 0 Å². The molecule has 3 atom stereocenters. The van der Waals surface area contributed by atoms with Crippen molar-refractivity contribution in [2.45, 2.75) is 50.3 Å². The second kappa shape index (κ2) is 3.93. The summed E-state index contributed by atoms with van der Waals surface area (Å²) in [7, 11) is -2.81. The van der Waals surface area contributed by atoms with Gasteiger partial charge in [-0.2, -0.15) is 0 Å². The molecule has 5 heteroatoms. The topological polar surface area (TPSA) is 55.4 Å². The van der Waals surface area contributed by atoms with E-state index in [1.807, 2.05) is 6.92 Å². The van der Waals surface area contributed by atoms with E-state index in [0.717, 1.165) is 13.0 Å². The van der Waals surface area contributed by atoms with E-state index >= 15 is 0 Å². The Morgan fingerprint density at radius 2 is 2.06 bits per heavy atom. The van der Waals surface area contributed by atoms with Gasteiger partial charge in [0.05, 0.1) is 23.7 Å². The molecule has 0 aromatic carbocycles. The van der Waals surface area contributed by atoms with E-state index in [1.165, 1.54) is 19.3 Å². The molecule has 0 aromatic rings. The van der Waals surface area contributed by atoms with Gasteiger partial charge in [0, 0.05) is 12.1 Å². The van der Waals surface area contributed by atoms with Gasteiger partial charge in [-0.15, -0.1) is 0 Å². The highest BCUT2D eigenvalue weighted by atomic mass is 32.2. The fourth-order valence-electron chi connectivity index (χ4n) is 3.41. The van der Waals surface area contributed by atoms with Crippen LogP contribution in [0.3, 0.4) is 0 Å². The molecule has 1 N–H and O–H groups in total. The molecule has 0 radical (unpaired) electrons. The third kappa shape index (κ3) is 2.25. The van der Waals surface area contributed by atoms with Crippen molar-refractivity contribution in [3.8, 4) is 0 Å². The van der Waals surface area contributed by atoms with Gasteiger partial charge in [0.1, 0.15) is 0 Å². The first-order valence-electron chi connectivity index (χ1n) is 6.59. The van der Waals surface area contributed by atoms with Gasteiger partial charge in [-0.3, -0.25) is 0 Å². The normalized spacial score (nSPS) is 42.8. The van der Waals surface area contributed by atoms with Gasteiger partial charge >= 0.3 is 0 Å². The predicted octanol–water partition coefficient (Wildman–Crippen LogP) is 0.721. The minimum Gasteiger partial charge on any atom is -0.373 e. The molecule has 17 heavy (non-hydrogen) atoms. The number of hydrogen-bond acceptors (Lipinski definition) is 4. The Morgan fingerprint density at radius 1 is 1.29 bits per heavy atom. The van der Waals surface area contributed by atoms with Crippen LogP contribution in [0.2, 0.25) is 0 Å². The second-order valence-corrected chi connectivity index (χ2v) is 8.23. The van der Waals surface area contributed by atoms with Crippen molar-refractivity contribution in [1.82, 2.24) is 5.32 Å². The molecule has 98 valence electrons. The number of ether oxygens (including phenoxy) is 1. The van der Waals surface area contributed by atoms with Gasteiger partial charge in [0.15, 0.2) is 9.84 Å². The summed E-state index contributed by atoms with van der Waals surface area (Å²) in [6.07, 6.45) is 4.71. The molecule has 1 unspecified atom stereocenters. The van der Waals surface area contributed by atoms with Gasteiger partial charge in [0.2, 0.25) is 0 Å². The van der Waals surface area contributed by atoms with Gasteiger partial charge < -0.3 is 10.1 Å². The van der Waals surface area contributed by atoms with E-state index in [0.29, 0.717) is 17.5 Å². The van der Waals surface area contributed by atoms with Gasteiger partial charge in [-0.1, -0.05) is 6.92 Å². The Morgan fingerprint density at radius 3 is 2.53 bits per heavy atom. The first-order valence-corrected chi connectivity index (χ1v) is 8.41. The maximum absolute atomic E-state index is 11.5. The predicted molar refractivity (Wildman–Crippen MR) is 65.7 cm³/mol. The van der Waals surface area contributed by atoms with Crippen LogP contribution >= 0.6 is 0 Å². The Kier molecular flexibility index (Phi) is 2.76. The first kappa shape index (κ1) is 11.9. The lowest BCUT2D eigenvalue weighted by molar-refractivity contribution is -0.0563. The highest BCUT2D eigenvalue weighted by Crippen LogP contribution is 2.43. The summed E-state index contributed by atoms with van der Waals surface area (Å²) in [6, 6.07) is 0.486. The smallest absolute Gasteiger partial charge is 0.152 e. The quantitative estimate of drug-likeness (QED) is 0.794. The molecule has 1 aliphatic carbocycles. The summed E-state index contributed by atoms with van der Waals surface area (Å²) in [4.78, 5) is 0. The van der Waals surface area contributed by atoms with Crippen molar-refractivity contribution in [2.75, 3.05) is 18.1 Å². The lowest BCUT2D eigenvalue weighted by atomic mass is 9.77. The lowest BCUT2D eigenvalue weighted by Crippen LogP contribution is -2.44. The summed E-state index contributed by atoms with van der Waals surface area (Å²) in [5, 5.41) is 3.50. The van der Waals surface area contributed by atoms with E-state index in [2.05, 4.69) is 5.32 Å². The minimum atomic E-state index is -2.81. The van der Waals surface area contributed by atoms with Crippen LogP contribution in [-0.2, 0) is 14.6 Å². The van der Waals surface area contributed by atoms with E-state index < -0.39 is 9.84 Å². The largest absolute Gasteiger partial charge is 0.373 e. The minimum absolute atomic E-state index is 0.129. The van der Waals surface area contributed by atoms with E-state index in [1.54, 1.807) is 0 Å². The molecular weight excluding hydrogens is 238 g/mol. The molecule has 3 rings (SSSR count). The van der Waals surface area contributed by atoms with E-state index in [9.17, 15) is 8.42 Å². The monoisotopic (exact) mass is 259 g/mol. The molecule has 3 aliphatic rings. The standard InChI is InChI=1S/C12H21NO3S/c1-9-7-17(14,15)8-11(9)13-10-5-12(16-6-10)3-2-4-12/h9-11,13H,2-8H2,1H3/t9-,10?,11+/m1/s1. The second-order valence-electron chi connectivity index (χ2n) is 6.08. The molecule has 2 saturated heterocycles. The zero-order chi connectivity index (χ0) is 12.1. The molecule has 0 bridgehead atoms. The molecule has 4 nitrogen and oxygen atoms in total. The first-order chi connectivity index (χ1) is 7.98. The van der Waals surface area contributed by atoms with Crippen LogP contribution in [0.5, 0.6) is 0 Å². The Bertz CT molecular complexity index is 402. The van der Waals surface area contributed by atoms with Crippen molar-refractivity contribution >= 4 is 9.84 Å². The maximum Gasteiger partial charge on any atom is 0.152 e. The van der Waals surface area contributed by atoms with Crippen molar-refractivity contribution < 1.29 is 13.2 Å². The number of hydrogen-bond donors (Lipinski definition) is 1. The van der Waals surface area contributed by atoms with Crippen LogP contribution in [0.25, 0.3) is 0 Å². The molecule has 0 amide bonds. The Hall–Kier alpha value is -0.130. The van der Waals surface area contributed by atoms with Crippen molar-refractivity contribution in [3.05, 3.63) is 0 Å². The van der Waals surface area contributed by atoms with Crippen LogP contribution in [0, 0.1) is 5.92 Å². The Balaban J connectivity index is 1.58. The summed E-state index contributed by atoms with van der Waals surface area (Å²) in [6.45, 7) is 2.78. The molecular formula is C12H21NO3S. The fraction of sp³-hybridized carbons (Fsp3) is 1.00. The summed E-state index contributed by atoms with van der Waals surface area (Å²) in [5.74, 6) is 0.874. The molecule has 1 saturated carbocycles. The van der Waals surface area contributed by atoms with Crippen LogP contribution in [-0.4, -0.2) is 44.2 Å². The van der Waals surface area contributed by atoms with Crippen LogP contribution in [0.1, 0.15) is 32.6 Å². The molecule has 3 fully saturated rings. The number of sulfone groups is 1. The zero-order valence-electron chi connectivity index (χ0n) is 10.3. The summed E-state index contributed by atoms with van der Waals surface area (Å²) < 4.78 is 29.0. The SMILES string of the molecule is C[C@@H]1CS(=O)(=O)C[C@@H]1NC1COC2(CCC2)C1. The average Bonchev–Trinajstić information content (AvgIpc) is 2.68. The highest BCUT2D eigenvalue weighted by Gasteiger charge is 2.46. The van der Waals surface area contributed by atoms with E-state index in [4.69, 9.17) is 4.74 Å². The third-order valence-corrected chi connectivity index (χ3v) is 6.46. The number of rotatable bonds is 2. The maximum atomic E-state index is 11.5. The molecule has 0 aromatic heterocycles. The molecule has 2 aliphatic heterocycles. The van der Waals surface area contributed by atoms with Gasteiger partial charge in [-0.05, 0) is 31.6 Å². The summed E-state index contributed by atoms with van der Waals surface area (Å²) >= 11 is 0. The lowest BCUT2D eigenvalue weighted by Gasteiger charge is -2.37. The van der Waals surface area contributed by atoms with E-state index in [-0.39, 0.29) is 17.6 Å². The van der Waals surface area contributed by atoms with Crippen LogP contribution in [0.4, 0.5) is 0 Å². The molecule has 2 heterocycles. The van der Waals surface area contributed by atoms with Gasteiger partial charge in [-0.25, -0.2) is 8.42 Å². The zero-order valence-corrected chi connectivity index (χ0v) is 11.1. The number of nitrogens with one attached hydrogen (secondary N) is 1. The highest BCUT2D eigenvalue weighted by molar-refractivity contribution is 7.91. The molecule has 1 spiro atoms. The van der Waals surface area contributed by atoms with Crippen molar-refractivity contribution in [3.63, 3.8) is 0 Å². The van der Waals surface area contributed by atoms with Crippen LogP contribution < -0.4 is 5.32 Å². The van der Waals surface area contributed by atoms with Crippen molar-refractivity contribution in [1.29, 1.82) is 0 Å². The van der Waals surface area contributed by atoms with Crippen molar-refractivity contribution in [2.24, 2.45) is 5.92 Å². The fourth-order valence-corrected chi connectivity index (χ4v) is 5.55. The third-order valence-electron chi connectivity index (χ3n) is 4.56.